The predicted molar refractivity (Wildman–Crippen MR) is 43.4 cm³/mol. The first-order valence-corrected chi connectivity index (χ1v) is 5.06. The molecule has 0 bridgehead atoms. The highest BCUT2D eigenvalue weighted by atomic mass is 28.2. The van der Waals surface area contributed by atoms with Crippen molar-refractivity contribution in [2.24, 2.45) is 0 Å². The van der Waals surface area contributed by atoms with E-state index in [4.69, 9.17) is 4.43 Å². The van der Waals surface area contributed by atoms with Gasteiger partial charge in [-0.1, -0.05) is 0 Å². The summed E-state index contributed by atoms with van der Waals surface area (Å²) in [7, 11) is -0.511. The van der Waals surface area contributed by atoms with E-state index in [9.17, 15) is 4.79 Å². The van der Waals surface area contributed by atoms with E-state index in [-0.39, 0.29) is 5.91 Å². The Bertz CT molecular complexity index is 106. The molecule has 4 heteroatoms. The standard InChI is InChI=1S/C6H15NO2Si/c1-5(2)9-10-4-7-6(3)8/h5H,4,10H2,1-3H3,(H,7,8). The third-order valence-electron chi connectivity index (χ3n) is 0.927. The molecule has 0 fully saturated rings. The van der Waals surface area contributed by atoms with Gasteiger partial charge in [-0.3, -0.25) is 4.79 Å². The summed E-state index contributed by atoms with van der Waals surface area (Å²) in [6, 6.07) is 0. The molecule has 0 rings (SSSR count). The van der Waals surface area contributed by atoms with E-state index in [1.165, 1.54) is 6.92 Å². The number of carbonyl (C=O) groups is 1. The molecule has 0 heterocycles. The summed E-state index contributed by atoms with van der Waals surface area (Å²) in [5.41, 5.74) is 0. The fourth-order valence-corrected chi connectivity index (χ4v) is 1.57. The number of carbonyl (C=O) groups excluding carboxylic acids is 1. The van der Waals surface area contributed by atoms with Gasteiger partial charge in [-0.15, -0.1) is 0 Å². The van der Waals surface area contributed by atoms with Crippen molar-refractivity contribution in [3.63, 3.8) is 0 Å². The van der Waals surface area contributed by atoms with Gasteiger partial charge in [0, 0.05) is 19.2 Å². The van der Waals surface area contributed by atoms with Crippen LogP contribution in [0.15, 0.2) is 0 Å². The topological polar surface area (TPSA) is 38.3 Å². The molecule has 0 aromatic rings. The Hall–Kier alpha value is -0.353. The maximum absolute atomic E-state index is 10.3. The molecule has 0 aliphatic heterocycles. The van der Waals surface area contributed by atoms with Crippen molar-refractivity contribution in [1.29, 1.82) is 0 Å². The molecule has 60 valence electrons. The third-order valence-corrected chi connectivity index (χ3v) is 2.28. The van der Waals surface area contributed by atoms with Gasteiger partial charge in [-0.2, -0.15) is 0 Å². The second-order valence-corrected chi connectivity index (χ2v) is 3.64. The van der Waals surface area contributed by atoms with Gasteiger partial charge in [0.1, 0.15) is 0 Å². The second-order valence-electron chi connectivity index (χ2n) is 2.40. The summed E-state index contributed by atoms with van der Waals surface area (Å²) >= 11 is 0. The number of hydrogen-bond acceptors (Lipinski definition) is 2. The molecule has 0 unspecified atom stereocenters. The smallest absolute Gasteiger partial charge is 0.216 e. The highest BCUT2D eigenvalue weighted by Gasteiger charge is 1.93. The monoisotopic (exact) mass is 161 g/mol. The van der Waals surface area contributed by atoms with Crippen molar-refractivity contribution in [3.8, 4) is 0 Å². The van der Waals surface area contributed by atoms with Gasteiger partial charge in [0.25, 0.3) is 0 Å². The van der Waals surface area contributed by atoms with Crippen molar-refractivity contribution >= 4 is 15.7 Å². The molecule has 0 saturated heterocycles. The highest BCUT2D eigenvalue weighted by Crippen LogP contribution is 1.82. The Morgan fingerprint density at radius 2 is 2.30 bits per heavy atom. The molecular weight excluding hydrogens is 146 g/mol. The van der Waals surface area contributed by atoms with E-state index in [1.807, 2.05) is 13.8 Å². The molecule has 3 nitrogen and oxygen atoms in total. The van der Waals surface area contributed by atoms with Crippen LogP contribution in [0.5, 0.6) is 0 Å². The van der Waals surface area contributed by atoms with Crippen molar-refractivity contribution < 1.29 is 9.22 Å². The van der Waals surface area contributed by atoms with E-state index < -0.39 is 9.76 Å². The summed E-state index contributed by atoms with van der Waals surface area (Å²) < 4.78 is 5.32. The van der Waals surface area contributed by atoms with Crippen LogP contribution in [0.2, 0.25) is 0 Å². The van der Waals surface area contributed by atoms with E-state index in [1.54, 1.807) is 0 Å². The van der Waals surface area contributed by atoms with Crippen LogP contribution in [0, 0.1) is 0 Å². The normalized spacial score (nSPS) is 11.2. The van der Waals surface area contributed by atoms with Crippen LogP contribution < -0.4 is 5.32 Å². The van der Waals surface area contributed by atoms with Crippen LogP contribution in [0.25, 0.3) is 0 Å². The molecule has 0 atom stereocenters. The molecule has 0 aromatic carbocycles. The number of hydrogen-bond donors (Lipinski definition) is 1. The Kier molecular flexibility index (Phi) is 5.24. The minimum atomic E-state index is -0.511. The minimum absolute atomic E-state index is 0.0276. The average molecular weight is 161 g/mol. The van der Waals surface area contributed by atoms with Crippen LogP contribution in [0.1, 0.15) is 20.8 Å². The van der Waals surface area contributed by atoms with Gasteiger partial charge in [-0.25, -0.2) is 0 Å². The first-order chi connectivity index (χ1) is 4.63. The zero-order valence-corrected chi connectivity index (χ0v) is 8.22. The quantitative estimate of drug-likeness (QED) is 0.449. The van der Waals surface area contributed by atoms with Gasteiger partial charge in [-0.05, 0) is 13.8 Å². The Morgan fingerprint density at radius 1 is 1.70 bits per heavy atom. The lowest BCUT2D eigenvalue weighted by Crippen LogP contribution is -2.27. The molecule has 1 amide bonds. The molecule has 10 heavy (non-hydrogen) atoms. The zero-order chi connectivity index (χ0) is 7.98. The molecular formula is C6H15NO2Si. The minimum Gasteiger partial charge on any atom is -0.420 e. The predicted octanol–water partition coefficient (Wildman–Crippen LogP) is -0.411. The molecule has 0 aliphatic carbocycles. The average Bonchev–Trinajstić information content (AvgIpc) is 1.79. The van der Waals surface area contributed by atoms with Crippen LogP contribution in [-0.4, -0.2) is 27.9 Å². The van der Waals surface area contributed by atoms with Gasteiger partial charge in [0.05, 0.1) is 0 Å². The Balaban J connectivity index is 2.98. The van der Waals surface area contributed by atoms with E-state index in [0.717, 1.165) is 6.17 Å². The molecule has 0 spiro atoms. The van der Waals surface area contributed by atoms with E-state index in [0.29, 0.717) is 6.10 Å². The number of amides is 1. The fourth-order valence-electron chi connectivity index (χ4n) is 0.522. The highest BCUT2D eigenvalue weighted by molar-refractivity contribution is 6.27. The largest absolute Gasteiger partial charge is 0.420 e. The van der Waals surface area contributed by atoms with Crippen LogP contribution in [0.4, 0.5) is 0 Å². The van der Waals surface area contributed by atoms with Crippen LogP contribution >= 0.6 is 0 Å². The van der Waals surface area contributed by atoms with E-state index >= 15 is 0 Å². The van der Waals surface area contributed by atoms with Gasteiger partial charge in [0.15, 0.2) is 9.76 Å². The van der Waals surface area contributed by atoms with Crippen molar-refractivity contribution in [1.82, 2.24) is 5.32 Å². The fraction of sp³-hybridized carbons (Fsp3) is 0.833. The van der Waals surface area contributed by atoms with Crippen molar-refractivity contribution in [3.05, 3.63) is 0 Å². The summed E-state index contributed by atoms with van der Waals surface area (Å²) in [6.45, 7) is 5.52. The lowest BCUT2D eigenvalue weighted by molar-refractivity contribution is -0.118. The number of rotatable bonds is 4. The summed E-state index contributed by atoms with van der Waals surface area (Å²) in [6.07, 6.45) is 1.05. The third kappa shape index (κ3) is 7.65. The van der Waals surface area contributed by atoms with Crippen LogP contribution in [0.3, 0.4) is 0 Å². The van der Waals surface area contributed by atoms with Gasteiger partial charge >= 0.3 is 0 Å². The Morgan fingerprint density at radius 3 is 2.70 bits per heavy atom. The summed E-state index contributed by atoms with van der Waals surface area (Å²) in [5.74, 6) is 0.0276. The molecule has 0 aliphatic rings. The molecule has 0 radical (unpaired) electrons. The first kappa shape index (κ1) is 9.65. The van der Waals surface area contributed by atoms with Gasteiger partial charge < -0.3 is 9.74 Å². The van der Waals surface area contributed by atoms with Crippen molar-refractivity contribution in [2.45, 2.75) is 26.9 Å². The summed E-state index contributed by atoms with van der Waals surface area (Å²) in [5, 5.41) is 2.70. The maximum atomic E-state index is 10.3. The zero-order valence-electron chi connectivity index (χ0n) is 6.81. The SMILES string of the molecule is CC(=O)NC[SiH2]OC(C)C. The molecule has 1 N–H and O–H groups in total. The van der Waals surface area contributed by atoms with Gasteiger partial charge in [0.2, 0.25) is 5.91 Å². The molecule has 0 aromatic heterocycles. The number of nitrogens with one attached hydrogen (secondary N) is 1. The molecule has 0 saturated carbocycles. The maximum Gasteiger partial charge on any atom is 0.216 e. The van der Waals surface area contributed by atoms with Crippen LogP contribution in [-0.2, 0) is 9.22 Å². The lowest BCUT2D eigenvalue weighted by Gasteiger charge is -2.06. The van der Waals surface area contributed by atoms with E-state index in [2.05, 4.69) is 5.32 Å². The van der Waals surface area contributed by atoms with Crippen molar-refractivity contribution in [2.75, 3.05) is 6.17 Å². The summed E-state index contributed by atoms with van der Waals surface area (Å²) in [4.78, 5) is 10.3. The Labute approximate surface area is 64.1 Å². The second kappa shape index (κ2) is 5.43. The first-order valence-electron chi connectivity index (χ1n) is 3.49. The lowest BCUT2D eigenvalue weighted by atomic mass is 10.5.